The number of Topliss-reactive ketones (excluding diaryl/α,β-unsaturated/α-hetero) is 1. The number of hydrogen-bond donors (Lipinski definition) is 1. The van der Waals surface area contributed by atoms with Gasteiger partial charge in [0.25, 0.3) is 0 Å². The summed E-state index contributed by atoms with van der Waals surface area (Å²) < 4.78 is 5.97. The van der Waals surface area contributed by atoms with E-state index in [1.807, 2.05) is 6.07 Å². The number of aromatic hydroxyl groups is 1. The van der Waals surface area contributed by atoms with Crippen LogP contribution in [0.1, 0.15) is 16.6 Å². The number of carbonyl (C=O) groups excluding carboxylic acids is 1. The van der Waals surface area contributed by atoms with E-state index in [0.29, 0.717) is 16.0 Å². The van der Waals surface area contributed by atoms with Crippen LogP contribution in [0.25, 0.3) is 10.1 Å². The molecule has 1 aromatic carbocycles. The van der Waals surface area contributed by atoms with E-state index in [1.54, 1.807) is 19.2 Å². The third-order valence-electron chi connectivity index (χ3n) is 2.19. The average molecular weight is 222 g/mol. The lowest BCUT2D eigenvalue weighted by atomic mass is 10.2. The van der Waals surface area contributed by atoms with Crippen molar-refractivity contribution in [1.82, 2.24) is 0 Å². The van der Waals surface area contributed by atoms with Gasteiger partial charge in [-0.05, 0) is 12.1 Å². The lowest BCUT2D eigenvalue weighted by Crippen LogP contribution is -1.85. The molecule has 0 radical (unpaired) electrons. The van der Waals surface area contributed by atoms with Crippen LogP contribution in [-0.4, -0.2) is 18.0 Å². The van der Waals surface area contributed by atoms with Gasteiger partial charge in [-0.3, -0.25) is 4.79 Å². The molecule has 3 nitrogen and oxygen atoms in total. The van der Waals surface area contributed by atoms with Gasteiger partial charge in [0.15, 0.2) is 5.78 Å². The number of ketones is 1. The monoisotopic (exact) mass is 222 g/mol. The van der Waals surface area contributed by atoms with Gasteiger partial charge >= 0.3 is 0 Å². The van der Waals surface area contributed by atoms with Gasteiger partial charge in [0.2, 0.25) is 0 Å². The smallest absolute Gasteiger partial charge is 0.173 e. The number of hydrogen-bond acceptors (Lipinski definition) is 4. The minimum atomic E-state index is -0.129. The first-order valence-electron chi connectivity index (χ1n) is 4.44. The third-order valence-corrected chi connectivity index (χ3v) is 3.50. The van der Waals surface area contributed by atoms with Gasteiger partial charge in [-0.15, -0.1) is 11.3 Å². The number of fused-ring (bicyclic) bond motifs is 1. The molecule has 0 bridgehead atoms. The SMILES string of the molecule is COc1cccc2c(O)c(C(C)=O)sc12. The van der Waals surface area contributed by atoms with E-state index in [4.69, 9.17) is 4.74 Å². The summed E-state index contributed by atoms with van der Waals surface area (Å²) in [6, 6.07) is 5.37. The molecule has 15 heavy (non-hydrogen) atoms. The number of ether oxygens (including phenoxy) is 1. The molecule has 0 aliphatic carbocycles. The number of rotatable bonds is 2. The van der Waals surface area contributed by atoms with Gasteiger partial charge in [0, 0.05) is 12.3 Å². The zero-order valence-electron chi connectivity index (χ0n) is 8.40. The van der Waals surface area contributed by atoms with Crippen LogP contribution in [0.4, 0.5) is 0 Å². The third kappa shape index (κ3) is 1.47. The Hall–Kier alpha value is -1.55. The number of carbonyl (C=O) groups is 1. The summed E-state index contributed by atoms with van der Waals surface area (Å²) in [4.78, 5) is 11.6. The normalized spacial score (nSPS) is 10.5. The molecule has 0 aliphatic heterocycles. The molecule has 0 saturated carbocycles. The summed E-state index contributed by atoms with van der Waals surface area (Å²) in [6.07, 6.45) is 0. The highest BCUT2D eigenvalue weighted by molar-refractivity contribution is 7.21. The van der Waals surface area contributed by atoms with Crippen LogP contribution in [0.5, 0.6) is 11.5 Å². The molecule has 0 fully saturated rings. The highest BCUT2D eigenvalue weighted by Crippen LogP contribution is 2.41. The second kappa shape index (κ2) is 3.55. The van der Waals surface area contributed by atoms with E-state index in [9.17, 15) is 9.90 Å². The Morgan fingerprint density at radius 1 is 1.47 bits per heavy atom. The zero-order valence-corrected chi connectivity index (χ0v) is 9.22. The van der Waals surface area contributed by atoms with Crippen molar-refractivity contribution in [3.8, 4) is 11.5 Å². The molecule has 1 N–H and O–H groups in total. The summed E-state index contributed by atoms with van der Waals surface area (Å²) in [5, 5.41) is 10.5. The van der Waals surface area contributed by atoms with Crippen LogP contribution in [-0.2, 0) is 0 Å². The molecule has 0 aliphatic rings. The Labute approximate surface area is 90.9 Å². The fourth-order valence-corrected chi connectivity index (χ4v) is 2.56. The molecule has 78 valence electrons. The number of methoxy groups -OCH3 is 1. The molecule has 2 rings (SSSR count). The van der Waals surface area contributed by atoms with Crippen LogP contribution in [0.3, 0.4) is 0 Å². The Balaban J connectivity index is 2.81. The van der Waals surface area contributed by atoms with Crippen molar-refractivity contribution in [1.29, 1.82) is 0 Å². The van der Waals surface area contributed by atoms with E-state index in [-0.39, 0.29) is 11.5 Å². The van der Waals surface area contributed by atoms with Crippen LogP contribution >= 0.6 is 11.3 Å². The van der Waals surface area contributed by atoms with E-state index in [2.05, 4.69) is 0 Å². The van der Waals surface area contributed by atoms with Crippen LogP contribution in [0, 0.1) is 0 Å². The second-order valence-corrected chi connectivity index (χ2v) is 4.19. The van der Waals surface area contributed by atoms with Gasteiger partial charge < -0.3 is 9.84 Å². The number of benzene rings is 1. The summed E-state index contributed by atoms with van der Waals surface area (Å²) in [7, 11) is 1.57. The molecule has 0 spiro atoms. The largest absolute Gasteiger partial charge is 0.506 e. The van der Waals surface area contributed by atoms with E-state index in [1.165, 1.54) is 18.3 Å². The minimum absolute atomic E-state index is 0.0569. The van der Waals surface area contributed by atoms with E-state index < -0.39 is 0 Å². The Bertz CT molecular complexity index is 528. The highest BCUT2D eigenvalue weighted by Gasteiger charge is 2.16. The maximum Gasteiger partial charge on any atom is 0.173 e. The summed E-state index contributed by atoms with van der Waals surface area (Å²) in [5.41, 5.74) is 0. The zero-order chi connectivity index (χ0) is 11.0. The molecule has 0 amide bonds. The minimum Gasteiger partial charge on any atom is -0.506 e. The van der Waals surface area contributed by atoms with Crippen molar-refractivity contribution < 1.29 is 14.6 Å². The molecular formula is C11H10O3S. The summed E-state index contributed by atoms with van der Waals surface area (Å²) in [5.74, 6) is 0.609. The van der Waals surface area contributed by atoms with E-state index in [0.717, 1.165) is 4.70 Å². The first-order chi connectivity index (χ1) is 7.15. The molecule has 2 aromatic rings. The molecule has 0 atom stereocenters. The van der Waals surface area contributed by atoms with Gasteiger partial charge in [0.1, 0.15) is 16.4 Å². The highest BCUT2D eigenvalue weighted by atomic mass is 32.1. The lowest BCUT2D eigenvalue weighted by Gasteiger charge is -1.99. The molecule has 4 heteroatoms. The standard InChI is InChI=1S/C11H10O3S/c1-6(12)10-9(13)7-4-3-5-8(14-2)11(7)15-10/h3-5,13H,1-2H3. The van der Waals surface area contributed by atoms with Crippen LogP contribution < -0.4 is 4.74 Å². The summed E-state index contributed by atoms with van der Waals surface area (Å²) >= 11 is 1.26. The predicted molar refractivity (Wildman–Crippen MR) is 60.0 cm³/mol. The van der Waals surface area contributed by atoms with E-state index >= 15 is 0 Å². The van der Waals surface area contributed by atoms with Gasteiger partial charge in [-0.1, -0.05) is 6.07 Å². The Morgan fingerprint density at radius 3 is 2.80 bits per heavy atom. The molecule has 1 heterocycles. The molecule has 0 saturated heterocycles. The van der Waals surface area contributed by atoms with Crippen molar-refractivity contribution in [2.45, 2.75) is 6.92 Å². The van der Waals surface area contributed by atoms with Gasteiger partial charge in [0.05, 0.1) is 11.8 Å². The number of thiophene rings is 1. The van der Waals surface area contributed by atoms with Crippen molar-refractivity contribution >= 4 is 27.2 Å². The molecular weight excluding hydrogens is 212 g/mol. The summed E-state index contributed by atoms with van der Waals surface area (Å²) in [6.45, 7) is 1.44. The second-order valence-electron chi connectivity index (χ2n) is 3.17. The van der Waals surface area contributed by atoms with Crippen molar-refractivity contribution in [3.05, 3.63) is 23.1 Å². The predicted octanol–water partition coefficient (Wildman–Crippen LogP) is 2.82. The topological polar surface area (TPSA) is 46.5 Å². The quantitative estimate of drug-likeness (QED) is 0.795. The molecule has 1 aromatic heterocycles. The maximum absolute atomic E-state index is 11.2. The van der Waals surface area contributed by atoms with Gasteiger partial charge in [-0.25, -0.2) is 0 Å². The van der Waals surface area contributed by atoms with Crippen molar-refractivity contribution in [2.75, 3.05) is 7.11 Å². The lowest BCUT2D eigenvalue weighted by molar-refractivity contribution is 0.101. The fraction of sp³-hybridized carbons (Fsp3) is 0.182. The Kier molecular flexibility index (Phi) is 2.36. The average Bonchev–Trinajstić information content (AvgIpc) is 2.56. The van der Waals surface area contributed by atoms with Crippen LogP contribution in [0.2, 0.25) is 0 Å². The molecule has 0 unspecified atom stereocenters. The first-order valence-corrected chi connectivity index (χ1v) is 5.26. The van der Waals surface area contributed by atoms with Crippen LogP contribution in [0.15, 0.2) is 18.2 Å². The first kappa shape index (κ1) is 9.98. The Morgan fingerprint density at radius 2 is 2.20 bits per heavy atom. The van der Waals surface area contributed by atoms with Crippen molar-refractivity contribution in [3.63, 3.8) is 0 Å². The van der Waals surface area contributed by atoms with Crippen molar-refractivity contribution in [2.24, 2.45) is 0 Å². The fourth-order valence-electron chi connectivity index (χ4n) is 1.48. The maximum atomic E-state index is 11.2. The van der Waals surface area contributed by atoms with Gasteiger partial charge in [-0.2, -0.15) is 0 Å².